The Labute approximate surface area is 181 Å². The van der Waals surface area contributed by atoms with Gasteiger partial charge >= 0.3 is 0 Å². The van der Waals surface area contributed by atoms with E-state index in [0.717, 1.165) is 22.4 Å². The summed E-state index contributed by atoms with van der Waals surface area (Å²) in [5.74, 6) is 1.51. The summed E-state index contributed by atoms with van der Waals surface area (Å²) in [6, 6.07) is 21.1. The Morgan fingerprint density at radius 1 is 1.06 bits per heavy atom. The predicted molar refractivity (Wildman–Crippen MR) is 124 cm³/mol. The maximum absolute atomic E-state index is 12.3. The Balaban J connectivity index is 1.47. The number of benzene rings is 3. The molecule has 0 radical (unpaired) electrons. The molecular formula is C26H24N2O3. The number of carbonyl (C=O) groups is 1. The van der Waals surface area contributed by atoms with Gasteiger partial charge < -0.3 is 14.5 Å². The molecule has 1 heterocycles. The molecule has 4 aromatic rings. The van der Waals surface area contributed by atoms with E-state index in [-0.39, 0.29) is 5.91 Å². The maximum atomic E-state index is 12.3. The molecule has 156 valence electrons. The third kappa shape index (κ3) is 4.83. The van der Waals surface area contributed by atoms with E-state index in [9.17, 15) is 4.79 Å². The van der Waals surface area contributed by atoms with Gasteiger partial charge in [-0.25, -0.2) is 4.98 Å². The van der Waals surface area contributed by atoms with E-state index < -0.39 is 0 Å². The van der Waals surface area contributed by atoms with Crippen molar-refractivity contribution in [1.29, 1.82) is 0 Å². The molecule has 0 fully saturated rings. The molecule has 31 heavy (non-hydrogen) atoms. The van der Waals surface area contributed by atoms with Gasteiger partial charge in [0.25, 0.3) is 0 Å². The second-order valence-electron chi connectivity index (χ2n) is 7.58. The van der Waals surface area contributed by atoms with Gasteiger partial charge in [0.05, 0.1) is 7.11 Å². The molecule has 0 spiro atoms. The van der Waals surface area contributed by atoms with Crippen molar-refractivity contribution in [2.45, 2.75) is 19.8 Å². The normalized spacial score (nSPS) is 11.4. The van der Waals surface area contributed by atoms with Gasteiger partial charge in [0.2, 0.25) is 11.8 Å². The van der Waals surface area contributed by atoms with Gasteiger partial charge in [0.15, 0.2) is 5.58 Å². The van der Waals surface area contributed by atoms with E-state index in [1.807, 2.05) is 48.5 Å². The lowest BCUT2D eigenvalue weighted by Gasteiger charge is -2.04. The number of carbonyl (C=O) groups excluding carboxylic acids is 1. The van der Waals surface area contributed by atoms with Gasteiger partial charge in [-0.1, -0.05) is 44.2 Å². The molecule has 0 bridgehead atoms. The monoisotopic (exact) mass is 412 g/mol. The minimum Gasteiger partial charge on any atom is -0.497 e. The number of nitrogens with zero attached hydrogens (tertiary/aromatic N) is 1. The summed E-state index contributed by atoms with van der Waals surface area (Å²) >= 11 is 0. The first-order valence-corrected chi connectivity index (χ1v) is 10.2. The summed E-state index contributed by atoms with van der Waals surface area (Å²) < 4.78 is 11.2. The van der Waals surface area contributed by atoms with Crippen LogP contribution in [0.5, 0.6) is 5.75 Å². The van der Waals surface area contributed by atoms with Gasteiger partial charge in [0.1, 0.15) is 11.3 Å². The van der Waals surface area contributed by atoms with Crippen LogP contribution in [0.3, 0.4) is 0 Å². The number of nitrogens with one attached hydrogen (secondary N) is 1. The van der Waals surface area contributed by atoms with Crippen molar-refractivity contribution < 1.29 is 13.9 Å². The molecule has 4 rings (SSSR count). The number of anilines is 1. The number of amides is 1. The van der Waals surface area contributed by atoms with Crippen LogP contribution in [-0.2, 0) is 4.79 Å². The number of ether oxygens (including phenoxy) is 1. The minimum atomic E-state index is -0.208. The van der Waals surface area contributed by atoms with Gasteiger partial charge in [0, 0.05) is 23.4 Å². The Bertz CT molecular complexity index is 1240. The van der Waals surface area contributed by atoms with Crippen LogP contribution in [0.2, 0.25) is 0 Å². The van der Waals surface area contributed by atoms with Crippen LogP contribution in [0.25, 0.3) is 28.6 Å². The van der Waals surface area contributed by atoms with Crippen LogP contribution < -0.4 is 10.1 Å². The van der Waals surface area contributed by atoms with Crippen LogP contribution >= 0.6 is 0 Å². The molecule has 1 aromatic heterocycles. The number of oxazole rings is 1. The molecule has 1 amide bonds. The van der Waals surface area contributed by atoms with E-state index >= 15 is 0 Å². The molecule has 3 aromatic carbocycles. The quantitative estimate of drug-likeness (QED) is 0.379. The van der Waals surface area contributed by atoms with E-state index in [0.29, 0.717) is 23.1 Å². The Morgan fingerprint density at radius 3 is 2.61 bits per heavy atom. The zero-order valence-electron chi connectivity index (χ0n) is 17.8. The number of fused-ring (bicyclic) bond motifs is 1. The summed E-state index contributed by atoms with van der Waals surface area (Å²) in [7, 11) is 1.62. The second-order valence-corrected chi connectivity index (χ2v) is 7.58. The average molecular weight is 412 g/mol. The van der Waals surface area contributed by atoms with Gasteiger partial charge in [-0.05, 0) is 53.5 Å². The third-order valence-electron chi connectivity index (χ3n) is 5.00. The zero-order valence-corrected chi connectivity index (χ0v) is 17.8. The number of aromatic nitrogens is 1. The van der Waals surface area contributed by atoms with E-state index in [1.165, 1.54) is 11.6 Å². The molecule has 0 aliphatic rings. The van der Waals surface area contributed by atoms with E-state index in [1.54, 1.807) is 19.3 Å². The Morgan fingerprint density at radius 2 is 1.87 bits per heavy atom. The number of hydrogen-bond donors (Lipinski definition) is 1. The molecule has 0 aliphatic heterocycles. The highest BCUT2D eigenvalue weighted by atomic mass is 16.5. The zero-order chi connectivity index (χ0) is 21.8. The molecule has 0 saturated heterocycles. The molecule has 5 nitrogen and oxygen atoms in total. The summed E-state index contributed by atoms with van der Waals surface area (Å²) in [5.41, 5.74) is 5.04. The molecule has 0 saturated carbocycles. The highest BCUT2D eigenvalue weighted by Crippen LogP contribution is 2.28. The van der Waals surface area contributed by atoms with Crippen molar-refractivity contribution in [2.75, 3.05) is 12.4 Å². The largest absolute Gasteiger partial charge is 0.497 e. The fraction of sp³-hybridized carbons (Fsp3) is 0.154. The SMILES string of the molecule is COc1cccc(-c2nc3ccc(NC(=O)/C=C/c4ccc(C(C)C)cc4)cc3o2)c1. The molecule has 1 N–H and O–H groups in total. The molecule has 0 unspecified atom stereocenters. The summed E-state index contributed by atoms with van der Waals surface area (Å²) in [5, 5.41) is 2.87. The van der Waals surface area contributed by atoms with Crippen molar-refractivity contribution in [1.82, 2.24) is 4.98 Å². The highest BCUT2D eigenvalue weighted by Gasteiger charge is 2.10. The van der Waals surface area contributed by atoms with Crippen molar-refractivity contribution >= 4 is 28.8 Å². The first-order chi connectivity index (χ1) is 15.0. The first kappa shape index (κ1) is 20.4. The number of rotatable bonds is 6. The van der Waals surface area contributed by atoms with Crippen LogP contribution in [0.1, 0.15) is 30.9 Å². The lowest BCUT2D eigenvalue weighted by atomic mass is 10.0. The summed E-state index contributed by atoms with van der Waals surface area (Å²) in [4.78, 5) is 16.9. The fourth-order valence-electron chi connectivity index (χ4n) is 3.23. The fourth-order valence-corrected chi connectivity index (χ4v) is 3.23. The molecular weight excluding hydrogens is 388 g/mol. The summed E-state index contributed by atoms with van der Waals surface area (Å²) in [6.45, 7) is 4.31. The summed E-state index contributed by atoms with van der Waals surface area (Å²) in [6.07, 6.45) is 3.32. The van der Waals surface area contributed by atoms with Gasteiger partial charge in [-0.2, -0.15) is 0 Å². The highest BCUT2D eigenvalue weighted by molar-refractivity contribution is 6.02. The van der Waals surface area contributed by atoms with Crippen LogP contribution in [0, 0.1) is 0 Å². The second kappa shape index (κ2) is 8.88. The standard InChI is InChI=1S/C26H24N2O3/c1-17(2)19-10-7-18(8-11-19)9-14-25(29)27-21-12-13-23-24(16-21)31-26(28-23)20-5-4-6-22(15-20)30-3/h4-17H,1-3H3,(H,27,29)/b14-9+. The van der Waals surface area contributed by atoms with Crippen LogP contribution in [-0.4, -0.2) is 18.0 Å². The van der Waals surface area contributed by atoms with Crippen molar-refractivity contribution in [3.8, 4) is 17.2 Å². The Kier molecular flexibility index (Phi) is 5.85. The molecule has 0 aliphatic carbocycles. The van der Waals surface area contributed by atoms with Crippen molar-refractivity contribution in [3.05, 3.63) is 83.9 Å². The predicted octanol–water partition coefficient (Wildman–Crippen LogP) is 6.28. The molecule has 5 heteroatoms. The topological polar surface area (TPSA) is 64.4 Å². The number of hydrogen-bond acceptors (Lipinski definition) is 4. The molecule has 0 atom stereocenters. The maximum Gasteiger partial charge on any atom is 0.248 e. The lowest BCUT2D eigenvalue weighted by molar-refractivity contribution is -0.111. The lowest BCUT2D eigenvalue weighted by Crippen LogP contribution is -2.07. The Hall–Kier alpha value is -3.86. The average Bonchev–Trinajstić information content (AvgIpc) is 3.21. The smallest absolute Gasteiger partial charge is 0.248 e. The van der Waals surface area contributed by atoms with Crippen molar-refractivity contribution in [3.63, 3.8) is 0 Å². The van der Waals surface area contributed by atoms with Crippen molar-refractivity contribution in [2.24, 2.45) is 0 Å². The number of methoxy groups -OCH3 is 1. The minimum absolute atomic E-state index is 0.208. The van der Waals surface area contributed by atoms with Gasteiger partial charge in [-0.15, -0.1) is 0 Å². The van der Waals surface area contributed by atoms with Gasteiger partial charge in [-0.3, -0.25) is 4.79 Å². The third-order valence-corrected chi connectivity index (χ3v) is 5.00. The van der Waals surface area contributed by atoms with E-state index in [4.69, 9.17) is 9.15 Å². The van der Waals surface area contributed by atoms with Crippen LogP contribution in [0.4, 0.5) is 5.69 Å². The first-order valence-electron chi connectivity index (χ1n) is 10.2. The van der Waals surface area contributed by atoms with E-state index in [2.05, 4.69) is 36.3 Å². The van der Waals surface area contributed by atoms with Crippen LogP contribution in [0.15, 0.2) is 77.2 Å².